The molecule has 1 aromatic carbocycles. The minimum absolute atomic E-state index is 0. The average molecular weight is 339 g/mol. The minimum atomic E-state index is -0.0876. The lowest BCUT2D eigenvalue weighted by atomic mass is 10.1. The molecule has 0 saturated carbocycles. The van der Waals surface area contributed by atoms with Gasteiger partial charge in [-0.05, 0) is 35.6 Å². The number of nitrogens with one attached hydrogen (secondary N) is 1. The highest BCUT2D eigenvalue weighted by molar-refractivity contribution is 7.12. The fourth-order valence-electron chi connectivity index (χ4n) is 1.91. The molecule has 1 heterocycles. The van der Waals surface area contributed by atoms with Gasteiger partial charge in [0.15, 0.2) is 5.78 Å². The van der Waals surface area contributed by atoms with E-state index >= 15 is 0 Å². The maximum absolute atomic E-state index is 11.8. The third-order valence-electron chi connectivity index (χ3n) is 3.09. The summed E-state index contributed by atoms with van der Waals surface area (Å²) < 4.78 is 0. The number of carbonyl (C=O) groups is 2. The number of halogens is 1. The standard InChI is InChI=1S/C16H18N2O2S.ClH/c17-13-5-3-12(4-6-13)9-10-18-16(20)8-7-14(19)15-2-1-11-21-15;/h1-6,11H,7-10,17H2,(H,18,20);1H. The first-order valence-corrected chi connectivity index (χ1v) is 7.71. The molecule has 0 unspecified atom stereocenters. The molecule has 0 bridgehead atoms. The Morgan fingerprint density at radius 3 is 2.45 bits per heavy atom. The molecule has 0 spiro atoms. The highest BCUT2D eigenvalue weighted by Crippen LogP contribution is 2.12. The van der Waals surface area contributed by atoms with Crippen molar-refractivity contribution in [3.8, 4) is 0 Å². The zero-order chi connectivity index (χ0) is 15.1. The molecule has 1 amide bonds. The van der Waals surface area contributed by atoms with Crippen LogP contribution in [0, 0.1) is 0 Å². The lowest BCUT2D eigenvalue weighted by Gasteiger charge is -2.05. The molecule has 0 saturated heterocycles. The van der Waals surface area contributed by atoms with E-state index < -0.39 is 0 Å². The first-order chi connectivity index (χ1) is 10.1. The van der Waals surface area contributed by atoms with Crippen LogP contribution in [-0.4, -0.2) is 18.2 Å². The van der Waals surface area contributed by atoms with Crippen molar-refractivity contribution in [1.82, 2.24) is 5.32 Å². The van der Waals surface area contributed by atoms with Crippen molar-refractivity contribution in [2.45, 2.75) is 19.3 Å². The van der Waals surface area contributed by atoms with Gasteiger partial charge in [-0.1, -0.05) is 18.2 Å². The first kappa shape index (κ1) is 18.2. The van der Waals surface area contributed by atoms with Crippen molar-refractivity contribution in [2.24, 2.45) is 0 Å². The Labute approximate surface area is 140 Å². The largest absolute Gasteiger partial charge is 0.399 e. The summed E-state index contributed by atoms with van der Waals surface area (Å²) in [5.41, 5.74) is 7.47. The zero-order valence-electron chi connectivity index (χ0n) is 12.1. The molecule has 0 aliphatic heterocycles. The van der Waals surface area contributed by atoms with Crippen LogP contribution >= 0.6 is 23.7 Å². The molecule has 0 aliphatic carbocycles. The summed E-state index contributed by atoms with van der Waals surface area (Å²) in [7, 11) is 0. The van der Waals surface area contributed by atoms with Crippen LogP contribution in [0.4, 0.5) is 5.69 Å². The average Bonchev–Trinajstić information content (AvgIpc) is 3.01. The van der Waals surface area contributed by atoms with Crippen molar-refractivity contribution >= 4 is 41.1 Å². The number of anilines is 1. The van der Waals surface area contributed by atoms with Crippen LogP contribution in [0.5, 0.6) is 0 Å². The highest BCUT2D eigenvalue weighted by Gasteiger charge is 2.09. The second-order valence-corrected chi connectivity index (χ2v) is 5.69. The van der Waals surface area contributed by atoms with Gasteiger partial charge < -0.3 is 11.1 Å². The quantitative estimate of drug-likeness (QED) is 0.602. The molecule has 4 nitrogen and oxygen atoms in total. The van der Waals surface area contributed by atoms with E-state index in [2.05, 4.69) is 5.32 Å². The molecule has 2 aromatic rings. The van der Waals surface area contributed by atoms with Crippen LogP contribution in [0.3, 0.4) is 0 Å². The lowest BCUT2D eigenvalue weighted by Crippen LogP contribution is -2.26. The zero-order valence-corrected chi connectivity index (χ0v) is 13.7. The maximum Gasteiger partial charge on any atom is 0.220 e. The number of ketones is 1. The van der Waals surface area contributed by atoms with E-state index in [9.17, 15) is 9.59 Å². The number of hydrogen-bond acceptors (Lipinski definition) is 4. The van der Waals surface area contributed by atoms with E-state index in [0.29, 0.717) is 11.4 Å². The molecule has 0 atom stereocenters. The van der Waals surface area contributed by atoms with Crippen molar-refractivity contribution in [2.75, 3.05) is 12.3 Å². The molecule has 22 heavy (non-hydrogen) atoms. The summed E-state index contributed by atoms with van der Waals surface area (Å²) in [6.07, 6.45) is 1.25. The number of rotatable bonds is 7. The van der Waals surface area contributed by atoms with Gasteiger partial charge in [0.05, 0.1) is 4.88 Å². The summed E-state index contributed by atoms with van der Waals surface area (Å²) in [6.45, 7) is 0.565. The van der Waals surface area contributed by atoms with Gasteiger partial charge in [0, 0.05) is 25.1 Å². The van der Waals surface area contributed by atoms with Gasteiger partial charge in [0.2, 0.25) is 5.91 Å². The van der Waals surface area contributed by atoms with E-state index in [1.807, 2.05) is 35.7 Å². The molecular weight excluding hydrogens is 320 g/mol. The number of carbonyl (C=O) groups excluding carboxylic acids is 2. The molecule has 0 radical (unpaired) electrons. The Bertz CT molecular complexity index is 597. The van der Waals surface area contributed by atoms with Crippen LogP contribution in [0.25, 0.3) is 0 Å². The summed E-state index contributed by atoms with van der Waals surface area (Å²) >= 11 is 1.41. The number of nitrogen functional groups attached to an aromatic ring is 1. The fourth-order valence-corrected chi connectivity index (χ4v) is 2.60. The summed E-state index contributed by atoms with van der Waals surface area (Å²) in [4.78, 5) is 24.2. The third kappa shape index (κ3) is 5.87. The van der Waals surface area contributed by atoms with E-state index in [1.165, 1.54) is 11.3 Å². The van der Waals surface area contributed by atoms with Crippen LogP contribution in [-0.2, 0) is 11.2 Å². The minimum Gasteiger partial charge on any atom is -0.399 e. The van der Waals surface area contributed by atoms with Crippen LogP contribution in [0.1, 0.15) is 28.1 Å². The SMILES string of the molecule is Cl.Nc1ccc(CCNC(=O)CCC(=O)c2cccs2)cc1. The van der Waals surface area contributed by atoms with Crippen molar-refractivity contribution in [3.05, 3.63) is 52.2 Å². The second kappa shape index (κ2) is 9.23. The topological polar surface area (TPSA) is 72.2 Å². The first-order valence-electron chi connectivity index (χ1n) is 6.83. The maximum atomic E-state index is 11.8. The molecule has 118 valence electrons. The van der Waals surface area contributed by atoms with Gasteiger partial charge in [0.25, 0.3) is 0 Å². The normalized spacial score (nSPS) is 9.82. The Balaban J connectivity index is 0.00000242. The third-order valence-corrected chi connectivity index (χ3v) is 4.00. The van der Waals surface area contributed by atoms with Crippen LogP contribution in [0.15, 0.2) is 41.8 Å². The number of benzene rings is 1. The van der Waals surface area contributed by atoms with Crippen molar-refractivity contribution < 1.29 is 9.59 Å². The fraction of sp³-hybridized carbons (Fsp3) is 0.250. The smallest absolute Gasteiger partial charge is 0.220 e. The summed E-state index contributed by atoms with van der Waals surface area (Å²) in [6, 6.07) is 11.2. The Morgan fingerprint density at radius 1 is 1.09 bits per heavy atom. The van der Waals surface area contributed by atoms with Gasteiger partial charge in [-0.2, -0.15) is 0 Å². The molecule has 1 aromatic heterocycles. The van der Waals surface area contributed by atoms with E-state index in [4.69, 9.17) is 5.73 Å². The van der Waals surface area contributed by atoms with Crippen molar-refractivity contribution in [3.63, 3.8) is 0 Å². The summed E-state index contributed by atoms with van der Waals surface area (Å²) in [5, 5.41) is 4.69. The van der Waals surface area contributed by atoms with E-state index in [1.54, 1.807) is 6.07 Å². The van der Waals surface area contributed by atoms with Crippen LogP contribution < -0.4 is 11.1 Å². The molecule has 0 fully saturated rings. The Morgan fingerprint density at radius 2 is 1.82 bits per heavy atom. The van der Waals surface area contributed by atoms with E-state index in [-0.39, 0.29) is 36.9 Å². The molecule has 6 heteroatoms. The predicted molar refractivity (Wildman–Crippen MR) is 92.7 cm³/mol. The molecule has 0 aliphatic rings. The Hall–Kier alpha value is -1.85. The monoisotopic (exact) mass is 338 g/mol. The van der Waals surface area contributed by atoms with Gasteiger partial charge in [-0.3, -0.25) is 9.59 Å². The molecular formula is C16H19ClN2O2S. The highest BCUT2D eigenvalue weighted by atomic mass is 35.5. The van der Waals surface area contributed by atoms with E-state index in [0.717, 1.165) is 17.7 Å². The predicted octanol–water partition coefficient (Wildman–Crippen LogP) is 3.07. The lowest BCUT2D eigenvalue weighted by molar-refractivity contribution is -0.121. The molecule has 3 N–H and O–H groups in total. The number of Topliss-reactive ketones (excluding diaryl/α,β-unsaturated/α-hetero) is 1. The number of hydrogen-bond donors (Lipinski definition) is 2. The number of amides is 1. The van der Waals surface area contributed by atoms with Gasteiger partial charge in [-0.15, -0.1) is 23.7 Å². The van der Waals surface area contributed by atoms with Crippen LogP contribution in [0.2, 0.25) is 0 Å². The summed E-state index contributed by atoms with van der Waals surface area (Å²) in [5.74, 6) is -0.0611. The number of nitrogens with two attached hydrogens (primary N) is 1. The molecule has 2 rings (SSSR count). The number of thiophene rings is 1. The van der Waals surface area contributed by atoms with Gasteiger partial charge in [0.1, 0.15) is 0 Å². The Kier molecular flexibility index (Phi) is 7.63. The van der Waals surface area contributed by atoms with Gasteiger partial charge in [-0.25, -0.2) is 0 Å². The second-order valence-electron chi connectivity index (χ2n) is 4.74. The van der Waals surface area contributed by atoms with Crippen molar-refractivity contribution in [1.29, 1.82) is 0 Å². The van der Waals surface area contributed by atoms with Gasteiger partial charge >= 0.3 is 0 Å².